The summed E-state index contributed by atoms with van der Waals surface area (Å²) in [5.74, 6) is 1.46. The van der Waals surface area contributed by atoms with Crippen molar-refractivity contribution in [1.82, 2.24) is 18.7 Å². The van der Waals surface area contributed by atoms with Gasteiger partial charge in [-0.05, 0) is 25.0 Å². The Morgan fingerprint density at radius 2 is 1.90 bits per heavy atom. The lowest BCUT2D eigenvalue weighted by molar-refractivity contribution is 0.415. The van der Waals surface area contributed by atoms with Gasteiger partial charge < -0.3 is 14.2 Å². The molecule has 0 radical (unpaired) electrons. The van der Waals surface area contributed by atoms with E-state index in [9.17, 15) is 9.59 Å². The van der Waals surface area contributed by atoms with E-state index in [1.807, 2.05) is 28.8 Å². The van der Waals surface area contributed by atoms with Gasteiger partial charge >= 0.3 is 5.69 Å². The van der Waals surface area contributed by atoms with Crippen LogP contribution in [0.25, 0.3) is 11.2 Å². The second-order valence-corrected chi connectivity index (χ2v) is 8.15. The summed E-state index contributed by atoms with van der Waals surface area (Å²) in [4.78, 5) is 33.1. The lowest BCUT2D eigenvalue weighted by Crippen LogP contribution is -2.40. The molecule has 166 valence electrons. The Kier molecular flexibility index (Phi) is 6.15. The molecule has 8 nitrogen and oxygen atoms in total. The van der Waals surface area contributed by atoms with Gasteiger partial charge in [-0.3, -0.25) is 13.9 Å². The minimum atomic E-state index is -0.295. The molecule has 0 spiro atoms. The Morgan fingerprint density at radius 3 is 2.68 bits per heavy atom. The Morgan fingerprint density at radius 1 is 1.10 bits per heavy atom. The van der Waals surface area contributed by atoms with Gasteiger partial charge in [0, 0.05) is 38.4 Å². The van der Waals surface area contributed by atoms with E-state index in [-0.39, 0.29) is 11.2 Å². The summed E-state index contributed by atoms with van der Waals surface area (Å²) in [6.45, 7) is 4.11. The van der Waals surface area contributed by atoms with Crippen LogP contribution < -0.4 is 20.9 Å². The Hall–Kier alpha value is -3.03. The predicted molar refractivity (Wildman–Crippen MR) is 123 cm³/mol. The molecule has 1 aromatic carbocycles. The third kappa shape index (κ3) is 3.86. The maximum absolute atomic E-state index is 13.3. The van der Waals surface area contributed by atoms with Crippen molar-refractivity contribution in [3.05, 3.63) is 45.1 Å². The van der Waals surface area contributed by atoms with Crippen molar-refractivity contribution in [2.24, 2.45) is 7.05 Å². The van der Waals surface area contributed by atoms with Gasteiger partial charge in [0.15, 0.2) is 11.2 Å². The molecule has 0 N–H and O–H groups in total. The molecule has 3 aromatic rings. The highest BCUT2D eigenvalue weighted by atomic mass is 16.5. The molecule has 1 aliphatic heterocycles. The number of benzene rings is 1. The number of ether oxygens (including phenoxy) is 1. The van der Waals surface area contributed by atoms with Gasteiger partial charge in [0.1, 0.15) is 5.75 Å². The number of unbranched alkanes of at least 4 members (excludes halogenated alkanes) is 4. The first-order valence-electron chi connectivity index (χ1n) is 11.2. The minimum absolute atomic E-state index is 0.236. The molecule has 0 unspecified atom stereocenters. The normalized spacial score (nSPS) is 13.6. The van der Waals surface area contributed by atoms with Crippen LogP contribution in [-0.4, -0.2) is 32.3 Å². The van der Waals surface area contributed by atoms with Gasteiger partial charge in [-0.25, -0.2) is 4.79 Å². The number of hydrogen-bond acceptors (Lipinski definition) is 5. The van der Waals surface area contributed by atoms with Crippen LogP contribution in [-0.2, 0) is 20.1 Å². The SMILES string of the molecule is CCCCCCCn1c(=O)c2c(nc3n2CCCN3c2cccc(OC)c2)n(C)c1=O. The Labute approximate surface area is 181 Å². The van der Waals surface area contributed by atoms with Gasteiger partial charge in [0.25, 0.3) is 5.56 Å². The van der Waals surface area contributed by atoms with Gasteiger partial charge in [-0.15, -0.1) is 0 Å². The fraction of sp³-hybridized carbons (Fsp3) is 0.522. The van der Waals surface area contributed by atoms with E-state index in [1.54, 1.807) is 14.2 Å². The molecule has 0 amide bonds. The van der Waals surface area contributed by atoms with Crippen LogP contribution in [0.4, 0.5) is 11.6 Å². The molecule has 31 heavy (non-hydrogen) atoms. The number of anilines is 2. The van der Waals surface area contributed by atoms with E-state index < -0.39 is 0 Å². The molecule has 2 aromatic heterocycles. The molecule has 8 heteroatoms. The van der Waals surface area contributed by atoms with Crippen LogP contribution in [0.5, 0.6) is 5.75 Å². The zero-order chi connectivity index (χ0) is 22.0. The molecule has 0 bridgehead atoms. The summed E-state index contributed by atoms with van der Waals surface area (Å²) in [5, 5.41) is 0. The third-order valence-corrected chi connectivity index (χ3v) is 6.07. The molecule has 0 atom stereocenters. The van der Waals surface area contributed by atoms with Gasteiger partial charge in [0.05, 0.1) is 7.11 Å². The maximum atomic E-state index is 13.3. The quantitative estimate of drug-likeness (QED) is 0.517. The van der Waals surface area contributed by atoms with Crippen molar-refractivity contribution < 1.29 is 4.74 Å². The van der Waals surface area contributed by atoms with Crippen molar-refractivity contribution in [3.63, 3.8) is 0 Å². The largest absolute Gasteiger partial charge is 0.497 e. The molecule has 0 saturated carbocycles. The second kappa shape index (κ2) is 8.99. The van der Waals surface area contributed by atoms with Crippen molar-refractivity contribution in [3.8, 4) is 5.75 Å². The van der Waals surface area contributed by atoms with Crippen molar-refractivity contribution in [2.75, 3.05) is 18.6 Å². The first kappa shape index (κ1) is 21.2. The molecule has 3 heterocycles. The Balaban J connectivity index is 1.77. The topological polar surface area (TPSA) is 74.3 Å². The van der Waals surface area contributed by atoms with Crippen LogP contribution in [0, 0.1) is 0 Å². The smallest absolute Gasteiger partial charge is 0.332 e. The second-order valence-electron chi connectivity index (χ2n) is 8.15. The lowest BCUT2D eigenvalue weighted by atomic mass is 10.1. The molecule has 0 fully saturated rings. The van der Waals surface area contributed by atoms with Gasteiger partial charge in [0.2, 0.25) is 5.95 Å². The average molecular weight is 426 g/mol. The Bertz CT molecular complexity index is 1190. The standard InChI is InChI=1S/C23H31N5O3/c1-4-5-6-7-8-13-28-21(29)19-20(25(2)23(28)30)24-22-26(14-10-15-27(19)22)17-11-9-12-18(16-17)31-3/h9,11-12,16H,4-8,10,13-15H2,1-3H3. The summed E-state index contributed by atoms with van der Waals surface area (Å²) in [5.41, 5.74) is 1.38. The zero-order valence-corrected chi connectivity index (χ0v) is 18.6. The molecular weight excluding hydrogens is 394 g/mol. The van der Waals surface area contributed by atoms with Crippen LogP contribution in [0.3, 0.4) is 0 Å². The number of rotatable bonds is 8. The molecular formula is C23H31N5O3. The van der Waals surface area contributed by atoms with Gasteiger partial charge in [-0.1, -0.05) is 38.7 Å². The fourth-order valence-corrected chi connectivity index (χ4v) is 4.36. The molecule has 0 saturated heterocycles. The molecule has 1 aliphatic rings. The van der Waals surface area contributed by atoms with Crippen molar-refractivity contribution >= 4 is 22.8 Å². The highest BCUT2D eigenvalue weighted by molar-refractivity contribution is 5.77. The monoisotopic (exact) mass is 425 g/mol. The summed E-state index contributed by atoms with van der Waals surface area (Å²) in [7, 11) is 3.34. The van der Waals surface area contributed by atoms with Crippen LogP contribution in [0.15, 0.2) is 33.9 Å². The number of aryl methyl sites for hydroxylation is 2. The number of imidazole rings is 1. The number of fused-ring (bicyclic) bond motifs is 3. The van der Waals surface area contributed by atoms with Gasteiger partial charge in [-0.2, -0.15) is 4.98 Å². The van der Waals surface area contributed by atoms with Crippen molar-refractivity contribution in [2.45, 2.75) is 58.5 Å². The highest BCUT2D eigenvalue weighted by Gasteiger charge is 2.27. The first-order valence-corrected chi connectivity index (χ1v) is 11.2. The molecule has 0 aliphatic carbocycles. The number of methoxy groups -OCH3 is 1. The summed E-state index contributed by atoms with van der Waals surface area (Å²) in [6.07, 6.45) is 6.22. The van der Waals surface area contributed by atoms with E-state index >= 15 is 0 Å². The van der Waals surface area contributed by atoms with E-state index in [4.69, 9.17) is 9.72 Å². The third-order valence-electron chi connectivity index (χ3n) is 6.07. The van der Waals surface area contributed by atoms with E-state index in [2.05, 4.69) is 11.8 Å². The zero-order valence-electron chi connectivity index (χ0n) is 18.6. The highest BCUT2D eigenvalue weighted by Crippen LogP contribution is 2.32. The van der Waals surface area contributed by atoms with Crippen LogP contribution >= 0.6 is 0 Å². The van der Waals surface area contributed by atoms with E-state index in [1.165, 1.54) is 22.0 Å². The predicted octanol–water partition coefficient (Wildman–Crippen LogP) is 3.42. The lowest BCUT2D eigenvalue weighted by Gasteiger charge is -2.29. The number of aromatic nitrogens is 4. The summed E-state index contributed by atoms with van der Waals surface area (Å²) in [6, 6.07) is 7.81. The van der Waals surface area contributed by atoms with E-state index in [0.29, 0.717) is 30.2 Å². The first-order chi connectivity index (χ1) is 15.1. The summed E-state index contributed by atoms with van der Waals surface area (Å²) >= 11 is 0. The fourth-order valence-electron chi connectivity index (χ4n) is 4.36. The van der Waals surface area contributed by atoms with Crippen LogP contribution in [0.1, 0.15) is 45.4 Å². The summed E-state index contributed by atoms with van der Waals surface area (Å²) < 4.78 is 10.2. The van der Waals surface area contributed by atoms with E-state index in [0.717, 1.165) is 43.7 Å². The van der Waals surface area contributed by atoms with Crippen LogP contribution in [0.2, 0.25) is 0 Å². The maximum Gasteiger partial charge on any atom is 0.332 e. The molecule has 4 rings (SSSR count). The van der Waals surface area contributed by atoms with Crippen molar-refractivity contribution in [1.29, 1.82) is 0 Å². The minimum Gasteiger partial charge on any atom is -0.497 e. The number of nitrogens with zero attached hydrogens (tertiary/aromatic N) is 5. The number of hydrogen-bond donors (Lipinski definition) is 0. The average Bonchev–Trinajstić information content (AvgIpc) is 3.19.